The molecule has 3 rings (SSSR count). The summed E-state index contributed by atoms with van der Waals surface area (Å²) in [5.41, 5.74) is 2.24. The molecule has 1 aromatic rings. The third-order valence-corrected chi connectivity index (χ3v) is 5.65. The van der Waals surface area contributed by atoms with Crippen LogP contribution in [0.2, 0.25) is 0 Å². The van der Waals surface area contributed by atoms with Crippen molar-refractivity contribution in [2.45, 2.75) is 84.0 Å². The minimum absolute atomic E-state index is 0.168. The summed E-state index contributed by atoms with van der Waals surface area (Å²) in [6, 6.07) is 7.50. The van der Waals surface area contributed by atoms with E-state index in [1.54, 1.807) is 0 Å². The van der Waals surface area contributed by atoms with Gasteiger partial charge >= 0.3 is 0 Å². The number of hydrogen-bond donors (Lipinski definition) is 2. The Hall–Kier alpha value is -1.55. The van der Waals surface area contributed by atoms with E-state index < -0.39 is 0 Å². The molecule has 0 saturated carbocycles. The molecule has 1 aromatic carbocycles. The zero-order valence-corrected chi connectivity index (χ0v) is 15.8. The molecular formula is C21H32N2O2. The third-order valence-electron chi connectivity index (χ3n) is 5.65. The average molecular weight is 344 g/mol. The maximum absolute atomic E-state index is 12.4. The Kier molecular flexibility index (Phi) is 6.00. The Morgan fingerprint density at radius 3 is 2.72 bits per heavy atom. The summed E-state index contributed by atoms with van der Waals surface area (Å²) in [4.78, 5) is 12.4. The standard InChI is InChI=1S/C21H32N2O2/c1-4-15(3)25-20-9-14(2)5-6-17(20)13-22-21(24)12-16-10-18-7-8-19(11-16)23-18/h5-6,9,15-16,18-19,23H,4,7-8,10-13H2,1-3H3,(H,22,24). The van der Waals surface area contributed by atoms with Crippen LogP contribution in [0.5, 0.6) is 5.75 Å². The molecule has 4 heteroatoms. The fraction of sp³-hybridized carbons (Fsp3) is 0.667. The molecule has 4 nitrogen and oxygen atoms in total. The largest absolute Gasteiger partial charge is 0.490 e. The first kappa shape index (κ1) is 18.2. The number of ether oxygens (including phenoxy) is 1. The van der Waals surface area contributed by atoms with E-state index in [1.165, 1.54) is 18.4 Å². The Morgan fingerprint density at radius 2 is 2.04 bits per heavy atom. The van der Waals surface area contributed by atoms with E-state index in [9.17, 15) is 4.79 Å². The first-order valence-corrected chi connectivity index (χ1v) is 9.82. The SMILES string of the molecule is CCC(C)Oc1cc(C)ccc1CNC(=O)CC1CC2CCC(C1)N2. The summed E-state index contributed by atoms with van der Waals surface area (Å²) in [5, 5.41) is 6.75. The lowest BCUT2D eigenvalue weighted by molar-refractivity contribution is -0.122. The lowest BCUT2D eigenvalue weighted by atomic mass is 9.89. The second-order valence-corrected chi connectivity index (χ2v) is 7.90. The van der Waals surface area contributed by atoms with Crippen LogP contribution in [-0.2, 0) is 11.3 Å². The van der Waals surface area contributed by atoms with Gasteiger partial charge in [0, 0.05) is 30.6 Å². The highest BCUT2D eigenvalue weighted by Gasteiger charge is 2.34. The van der Waals surface area contributed by atoms with Crippen molar-refractivity contribution in [2.24, 2.45) is 5.92 Å². The van der Waals surface area contributed by atoms with Crippen molar-refractivity contribution in [2.75, 3.05) is 0 Å². The first-order valence-electron chi connectivity index (χ1n) is 9.82. The Balaban J connectivity index is 1.53. The molecule has 2 N–H and O–H groups in total. The Morgan fingerprint density at radius 1 is 1.32 bits per heavy atom. The van der Waals surface area contributed by atoms with Crippen LogP contribution >= 0.6 is 0 Å². The smallest absolute Gasteiger partial charge is 0.220 e. The maximum atomic E-state index is 12.4. The van der Waals surface area contributed by atoms with Gasteiger partial charge in [0.1, 0.15) is 5.75 Å². The van der Waals surface area contributed by atoms with Crippen molar-refractivity contribution in [3.05, 3.63) is 29.3 Å². The number of amides is 1. The van der Waals surface area contributed by atoms with E-state index in [0.29, 0.717) is 31.0 Å². The molecule has 0 aliphatic carbocycles. The minimum Gasteiger partial charge on any atom is -0.490 e. The molecule has 2 heterocycles. The van der Waals surface area contributed by atoms with Gasteiger partial charge in [0.2, 0.25) is 5.91 Å². The highest BCUT2D eigenvalue weighted by Crippen LogP contribution is 2.32. The van der Waals surface area contributed by atoms with Crippen LogP contribution in [0, 0.1) is 12.8 Å². The van der Waals surface area contributed by atoms with Crippen LogP contribution in [0.25, 0.3) is 0 Å². The van der Waals surface area contributed by atoms with Gasteiger partial charge in [-0.05, 0) is 63.5 Å². The normalized spacial score (nSPS) is 26.3. The number of benzene rings is 1. The molecule has 2 aliphatic rings. The number of rotatable bonds is 7. The summed E-state index contributed by atoms with van der Waals surface area (Å²) < 4.78 is 6.03. The second kappa shape index (κ2) is 8.22. The Labute approximate surface area is 151 Å². The van der Waals surface area contributed by atoms with Crippen LogP contribution in [0.3, 0.4) is 0 Å². The van der Waals surface area contributed by atoms with E-state index in [4.69, 9.17) is 4.74 Å². The second-order valence-electron chi connectivity index (χ2n) is 7.90. The van der Waals surface area contributed by atoms with Crippen LogP contribution in [-0.4, -0.2) is 24.1 Å². The van der Waals surface area contributed by atoms with Gasteiger partial charge in [-0.1, -0.05) is 19.1 Å². The number of fused-ring (bicyclic) bond motifs is 2. The van der Waals surface area contributed by atoms with Gasteiger partial charge in [-0.25, -0.2) is 0 Å². The topological polar surface area (TPSA) is 50.4 Å². The van der Waals surface area contributed by atoms with Crippen LogP contribution in [0.4, 0.5) is 0 Å². The molecule has 25 heavy (non-hydrogen) atoms. The average Bonchev–Trinajstić information content (AvgIpc) is 2.92. The molecule has 0 radical (unpaired) electrons. The number of hydrogen-bond acceptors (Lipinski definition) is 3. The molecule has 0 aromatic heterocycles. The van der Waals surface area contributed by atoms with E-state index >= 15 is 0 Å². The van der Waals surface area contributed by atoms with Gasteiger partial charge in [0.05, 0.1) is 6.10 Å². The zero-order chi connectivity index (χ0) is 17.8. The van der Waals surface area contributed by atoms with Crippen LogP contribution < -0.4 is 15.4 Å². The molecule has 0 spiro atoms. The highest BCUT2D eigenvalue weighted by molar-refractivity contribution is 5.76. The molecule has 138 valence electrons. The third kappa shape index (κ3) is 4.97. The zero-order valence-electron chi connectivity index (χ0n) is 15.8. The molecule has 3 atom stereocenters. The van der Waals surface area contributed by atoms with E-state index in [-0.39, 0.29) is 12.0 Å². The lowest BCUT2D eigenvalue weighted by Gasteiger charge is -2.28. The maximum Gasteiger partial charge on any atom is 0.220 e. The van der Waals surface area contributed by atoms with E-state index in [0.717, 1.165) is 30.6 Å². The molecule has 2 aliphatic heterocycles. The van der Waals surface area contributed by atoms with Crippen molar-refractivity contribution in [1.82, 2.24) is 10.6 Å². The van der Waals surface area contributed by atoms with Crippen LogP contribution in [0.1, 0.15) is 63.5 Å². The number of nitrogens with one attached hydrogen (secondary N) is 2. The predicted molar refractivity (Wildman–Crippen MR) is 101 cm³/mol. The molecule has 2 fully saturated rings. The van der Waals surface area contributed by atoms with Crippen molar-refractivity contribution in [3.8, 4) is 5.75 Å². The van der Waals surface area contributed by atoms with Crippen molar-refractivity contribution in [3.63, 3.8) is 0 Å². The fourth-order valence-corrected chi connectivity index (χ4v) is 4.09. The number of aryl methyl sites for hydroxylation is 1. The summed E-state index contributed by atoms with van der Waals surface area (Å²) in [5.74, 6) is 1.60. The molecule has 2 bridgehead atoms. The number of piperidine rings is 1. The van der Waals surface area contributed by atoms with E-state index in [2.05, 4.69) is 49.6 Å². The Bertz CT molecular complexity index is 590. The fourth-order valence-electron chi connectivity index (χ4n) is 4.09. The van der Waals surface area contributed by atoms with Crippen molar-refractivity contribution >= 4 is 5.91 Å². The summed E-state index contributed by atoms with van der Waals surface area (Å²) >= 11 is 0. The van der Waals surface area contributed by atoms with Gasteiger partial charge < -0.3 is 15.4 Å². The molecular weight excluding hydrogens is 312 g/mol. The quantitative estimate of drug-likeness (QED) is 0.793. The van der Waals surface area contributed by atoms with Gasteiger partial charge in [-0.3, -0.25) is 4.79 Å². The van der Waals surface area contributed by atoms with Crippen LogP contribution in [0.15, 0.2) is 18.2 Å². The first-order chi connectivity index (χ1) is 12.0. The molecule has 3 unspecified atom stereocenters. The molecule has 1 amide bonds. The summed E-state index contributed by atoms with van der Waals surface area (Å²) in [6.45, 7) is 6.81. The predicted octanol–water partition coefficient (Wildman–Crippen LogP) is 3.71. The molecule has 2 saturated heterocycles. The highest BCUT2D eigenvalue weighted by atomic mass is 16.5. The van der Waals surface area contributed by atoms with E-state index in [1.807, 2.05) is 0 Å². The number of carbonyl (C=O) groups excluding carboxylic acids is 1. The van der Waals surface area contributed by atoms with Gasteiger partial charge in [-0.15, -0.1) is 0 Å². The summed E-state index contributed by atoms with van der Waals surface area (Å²) in [6.07, 6.45) is 6.67. The van der Waals surface area contributed by atoms with Crippen molar-refractivity contribution in [1.29, 1.82) is 0 Å². The minimum atomic E-state index is 0.168. The number of carbonyl (C=O) groups is 1. The van der Waals surface area contributed by atoms with Crippen molar-refractivity contribution < 1.29 is 9.53 Å². The summed E-state index contributed by atoms with van der Waals surface area (Å²) in [7, 11) is 0. The lowest BCUT2D eigenvalue weighted by Crippen LogP contribution is -2.39. The monoisotopic (exact) mass is 344 g/mol. The van der Waals surface area contributed by atoms with Gasteiger partial charge in [-0.2, -0.15) is 0 Å². The van der Waals surface area contributed by atoms with Gasteiger partial charge in [0.25, 0.3) is 0 Å². The van der Waals surface area contributed by atoms with Gasteiger partial charge in [0.15, 0.2) is 0 Å².